The lowest BCUT2D eigenvalue weighted by Gasteiger charge is -2.30. The van der Waals surface area contributed by atoms with Crippen molar-refractivity contribution in [3.05, 3.63) is 59.9 Å². The van der Waals surface area contributed by atoms with Crippen LogP contribution < -0.4 is 15.4 Å². The van der Waals surface area contributed by atoms with Gasteiger partial charge in [-0.05, 0) is 31.3 Å². The maximum absolute atomic E-state index is 13.5. The molecule has 1 aliphatic rings. The van der Waals surface area contributed by atoms with Crippen molar-refractivity contribution in [2.75, 3.05) is 44.0 Å². The Hall–Kier alpha value is -2.99. The van der Waals surface area contributed by atoms with E-state index in [0.29, 0.717) is 35.6 Å². The molecule has 0 spiro atoms. The van der Waals surface area contributed by atoms with Crippen LogP contribution in [-0.4, -0.2) is 60.2 Å². The maximum atomic E-state index is 13.5. The number of benzene rings is 2. The molecule has 8 nitrogen and oxygen atoms in total. The Morgan fingerprint density at radius 3 is 2.86 bits per heavy atom. The highest BCUT2D eigenvalue weighted by molar-refractivity contribution is 7.59. The zero-order valence-electron chi connectivity index (χ0n) is 18.8. The first-order valence-corrected chi connectivity index (χ1v) is 10.8. The summed E-state index contributed by atoms with van der Waals surface area (Å²) in [4.78, 5) is 22.7. The number of amides is 1. The molecule has 1 amide bonds. The van der Waals surface area contributed by atoms with Crippen LogP contribution in [0, 0.1) is 5.82 Å². The summed E-state index contributed by atoms with van der Waals surface area (Å²) >= 11 is 5.87. The molecule has 1 aromatic heterocycles. The molecule has 2 heterocycles. The predicted octanol–water partition coefficient (Wildman–Crippen LogP) is 4.41. The summed E-state index contributed by atoms with van der Waals surface area (Å²) in [5.74, 6) is -2.05. The van der Waals surface area contributed by atoms with Gasteiger partial charge in [-0.25, -0.2) is 18.7 Å². The summed E-state index contributed by atoms with van der Waals surface area (Å²) < 4.78 is 38.6. The standard InChI is InChI=1S/C23H22ClF2N5O3.H2S/c1-13(25)23(32)30-20-8-16-19(9-21(20)34-11-15-10-31(2)5-6-33-15)27-12-28-22(16)29-14-3-4-18(26)17(24)7-14;/h3-4,7-9,12,15H,1,5-6,10-11H2,2H3,(H,30,32)(H,27,28,29);1H2/t15-;/m0./s1. The number of carbonyl (C=O) groups excluding carboxylic acids is 1. The Labute approximate surface area is 212 Å². The van der Waals surface area contributed by atoms with E-state index < -0.39 is 17.6 Å². The van der Waals surface area contributed by atoms with Crippen molar-refractivity contribution in [3.8, 4) is 5.75 Å². The quantitative estimate of drug-likeness (QED) is 0.443. The molecule has 1 atom stereocenters. The van der Waals surface area contributed by atoms with E-state index in [2.05, 4.69) is 32.1 Å². The van der Waals surface area contributed by atoms with E-state index in [1.54, 1.807) is 12.1 Å². The molecule has 35 heavy (non-hydrogen) atoms. The summed E-state index contributed by atoms with van der Waals surface area (Å²) in [6, 6.07) is 7.32. The van der Waals surface area contributed by atoms with Crippen LogP contribution >= 0.6 is 25.1 Å². The number of nitrogens with zero attached hydrogens (tertiary/aromatic N) is 3. The highest BCUT2D eigenvalue weighted by Crippen LogP contribution is 2.34. The van der Waals surface area contributed by atoms with Crippen molar-refractivity contribution < 1.29 is 23.0 Å². The molecule has 2 aromatic carbocycles. The monoisotopic (exact) mass is 523 g/mol. The molecule has 186 valence electrons. The third-order valence-corrected chi connectivity index (χ3v) is 5.47. The van der Waals surface area contributed by atoms with Gasteiger partial charge in [-0.15, -0.1) is 0 Å². The third-order valence-electron chi connectivity index (χ3n) is 5.18. The summed E-state index contributed by atoms with van der Waals surface area (Å²) in [5, 5.41) is 5.97. The highest BCUT2D eigenvalue weighted by Gasteiger charge is 2.20. The summed E-state index contributed by atoms with van der Waals surface area (Å²) in [7, 11) is 1.99. The van der Waals surface area contributed by atoms with E-state index in [9.17, 15) is 13.6 Å². The normalized spacial score (nSPS) is 15.8. The van der Waals surface area contributed by atoms with Gasteiger partial charge in [0.2, 0.25) is 0 Å². The fourth-order valence-electron chi connectivity index (χ4n) is 3.45. The van der Waals surface area contributed by atoms with Crippen molar-refractivity contribution in [3.63, 3.8) is 0 Å². The third kappa shape index (κ3) is 6.57. The second-order valence-electron chi connectivity index (χ2n) is 7.77. The SMILES string of the molecule is C=C(F)C(=O)Nc1cc2c(Nc3ccc(F)c(Cl)c3)ncnc2cc1OC[C@@H]1CN(C)CCO1.S. The molecule has 1 saturated heterocycles. The van der Waals surface area contributed by atoms with Crippen LogP contribution in [0.15, 0.2) is 49.1 Å². The smallest absolute Gasteiger partial charge is 0.283 e. The molecule has 1 fully saturated rings. The molecule has 2 N–H and O–H groups in total. The number of aromatic nitrogens is 2. The predicted molar refractivity (Wildman–Crippen MR) is 136 cm³/mol. The van der Waals surface area contributed by atoms with Crippen molar-refractivity contribution in [2.24, 2.45) is 0 Å². The zero-order chi connectivity index (χ0) is 24.2. The van der Waals surface area contributed by atoms with E-state index in [0.717, 1.165) is 6.54 Å². The van der Waals surface area contributed by atoms with Crippen LogP contribution in [0.1, 0.15) is 0 Å². The zero-order valence-corrected chi connectivity index (χ0v) is 20.5. The number of anilines is 3. The number of halogens is 3. The van der Waals surface area contributed by atoms with Crippen LogP contribution in [0.25, 0.3) is 10.9 Å². The molecular formula is C23H24ClF2N5O3S. The molecule has 1 aliphatic heterocycles. The van der Waals surface area contributed by atoms with E-state index in [1.807, 2.05) is 7.05 Å². The Bertz CT molecular complexity index is 1250. The molecular weight excluding hydrogens is 500 g/mol. The van der Waals surface area contributed by atoms with Crippen LogP contribution in [0.5, 0.6) is 5.75 Å². The van der Waals surface area contributed by atoms with Gasteiger partial charge in [0, 0.05) is 30.2 Å². The lowest BCUT2D eigenvalue weighted by Crippen LogP contribution is -2.42. The first-order chi connectivity index (χ1) is 16.3. The van der Waals surface area contributed by atoms with Gasteiger partial charge in [0.25, 0.3) is 5.91 Å². The lowest BCUT2D eigenvalue weighted by molar-refractivity contribution is -0.114. The van der Waals surface area contributed by atoms with Crippen molar-refractivity contribution in [1.29, 1.82) is 0 Å². The fraction of sp³-hybridized carbons (Fsp3) is 0.261. The average molecular weight is 524 g/mol. The van der Waals surface area contributed by atoms with E-state index >= 15 is 0 Å². The number of ether oxygens (including phenoxy) is 2. The number of rotatable bonds is 7. The van der Waals surface area contributed by atoms with Gasteiger partial charge >= 0.3 is 0 Å². The van der Waals surface area contributed by atoms with Crippen LogP contribution in [0.4, 0.5) is 26.0 Å². The van der Waals surface area contributed by atoms with Gasteiger partial charge in [0.05, 0.1) is 22.8 Å². The topological polar surface area (TPSA) is 88.6 Å². The molecule has 4 rings (SSSR count). The molecule has 0 bridgehead atoms. The minimum absolute atomic E-state index is 0. The van der Waals surface area contributed by atoms with Crippen molar-refractivity contribution in [1.82, 2.24) is 14.9 Å². The van der Waals surface area contributed by atoms with Gasteiger partial charge < -0.3 is 25.0 Å². The van der Waals surface area contributed by atoms with E-state index in [4.69, 9.17) is 21.1 Å². The second-order valence-corrected chi connectivity index (χ2v) is 8.17. The highest BCUT2D eigenvalue weighted by atomic mass is 35.5. The summed E-state index contributed by atoms with van der Waals surface area (Å²) in [5.41, 5.74) is 1.20. The molecule has 3 aromatic rings. The maximum Gasteiger partial charge on any atom is 0.283 e. The Balaban J connectivity index is 0.00000342. The number of hydrogen-bond donors (Lipinski definition) is 2. The summed E-state index contributed by atoms with van der Waals surface area (Å²) in [6.45, 7) is 5.36. The molecule has 0 unspecified atom stereocenters. The number of hydrogen-bond acceptors (Lipinski definition) is 7. The summed E-state index contributed by atoms with van der Waals surface area (Å²) in [6.07, 6.45) is 1.18. The van der Waals surface area contributed by atoms with Crippen LogP contribution in [0.2, 0.25) is 5.02 Å². The fourth-order valence-corrected chi connectivity index (χ4v) is 3.63. The van der Waals surface area contributed by atoms with Crippen LogP contribution in [0.3, 0.4) is 0 Å². The molecule has 0 aliphatic carbocycles. The van der Waals surface area contributed by atoms with Gasteiger partial charge in [0.1, 0.15) is 36.4 Å². The first kappa shape index (κ1) is 26.6. The number of likely N-dealkylation sites (N-methyl/N-ethyl adjacent to an activating group) is 1. The number of nitrogens with one attached hydrogen (secondary N) is 2. The van der Waals surface area contributed by atoms with Crippen LogP contribution in [-0.2, 0) is 9.53 Å². The Morgan fingerprint density at radius 1 is 1.34 bits per heavy atom. The van der Waals surface area contributed by atoms with Gasteiger partial charge in [-0.1, -0.05) is 18.2 Å². The average Bonchev–Trinajstić information content (AvgIpc) is 2.80. The van der Waals surface area contributed by atoms with Gasteiger partial charge in [-0.2, -0.15) is 13.5 Å². The Kier molecular flexibility index (Phi) is 8.84. The van der Waals surface area contributed by atoms with E-state index in [-0.39, 0.29) is 42.7 Å². The second kappa shape index (κ2) is 11.6. The number of fused-ring (bicyclic) bond motifs is 1. The minimum atomic E-state index is -1.15. The first-order valence-electron chi connectivity index (χ1n) is 10.4. The number of carbonyl (C=O) groups is 1. The van der Waals surface area contributed by atoms with Gasteiger partial charge in [0.15, 0.2) is 5.83 Å². The van der Waals surface area contributed by atoms with Crippen molar-refractivity contribution in [2.45, 2.75) is 6.10 Å². The Morgan fingerprint density at radius 2 is 2.14 bits per heavy atom. The lowest BCUT2D eigenvalue weighted by atomic mass is 10.1. The number of morpholine rings is 1. The molecule has 0 radical (unpaired) electrons. The molecule has 0 saturated carbocycles. The van der Waals surface area contributed by atoms with Crippen molar-refractivity contribution >= 4 is 59.1 Å². The van der Waals surface area contributed by atoms with Gasteiger partial charge in [-0.3, -0.25) is 4.79 Å². The largest absolute Gasteiger partial charge is 0.489 e. The molecule has 12 heteroatoms. The minimum Gasteiger partial charge on any atom is -0.489 e. The van der Waals surface area contributed by atoms with E-state index in [1.165, 1.54) is 24.5 Å².